The van der Waals surface area contributed by atoms with Crippen LogP contribution in [0.5, 0.6) is 0 Å². The number of hydrogen-bond donors (Lipinski definition) is 1. The molecule has 0 amide bonds. The fourth-order valence-electron chi connectivity index (χ4n) is 1.58. The van der Waals surface area contributed by atoms with Crippen LogP contribution in [0.25, 0.3) is 0 Å². The molecule has 0 atom stereocenters. The standard InChI is InChI=1S/C14H19N3S/c1-11(2)15-8-12-4-6-13(7-5-12)18-14-9-16-17(3)10-14/h4-7,9-11,15H,8H2,1-3H3. The first-order valence-corrected chi connectivity index (χ1v) is 6.94. The first-order valence-electron chi connectivity index (χ1n) is 6.12. The predicted octanol–water partition coefficient (Wildman–Crippen LogP) is 3.07. The summed E-state index contributed by atoms with van der Waals surface area (Å²) in [6, 6.07) is 9.20. The van der Waals surface area contributed by atoms with E-state index in [-0.39, 0.29) is 0 Å². The van der Waals surface area contributed by atoms with Crippen LogP contribution >= 0.6 is 11.8 Å². The van der Waals surface area contributed by atoms with E-state index in [1.54, 1.807) is 11.8 Å². The summed E-state index contributed by atoms with van der Waals surface area (Å²) in [7, 11) is 1.94. The Morgan fingerprint density at radius 2 is 1.94 bits per heavy atom. The van der Waals surface area contributed by atoms with Gasteiger partial charge in [-0.15, -0.1) is 0 Å². The summed E-state index contributed by atoms with van der Waals surface area (Å²) < 4.78 is 1.82. The van der Waals surface area contributed by atoms with Gasteiger partial charge >= 0.3 is 0 Å². The second-order valence-electron chi connectivity index (χ2n) is 4.63. The van der Waals surface area contributed by atoms with Gasteiger partial charge in [0.2, 0.25) is 0 Å². The lowest BCUT2D eigenvalue weighted by atomic mass is 10.2. The van der Waals surface area contributed by atoms with Gasteiger partial charge in [0.25, 0.3) is 0 Å². The molecule has 96 valence electrons. The molecule has 0 aliphatic rings. The first-order chi connectivity index (χ1) is 8.63. The van der Waals surface area contributed by atoms with E-state index in [0.29, 0.717) is 6.04 Å². The third-order valence-corrected chi connectivity index (χ3v) is 3.51. The van der Waals surface area contributed by atoms with Crippen LogP contribution in [0.3, 0.4) is 0 Å². The fourth-order valence-corrected chi connectivity index (χ4v) is 2.43. The zero-order valence-corrected chi connectivity index (χ0v) is 11.9. The van der Waals surface area contributed by atoms with Crippen molar-refractivity contribution >= 4 is 11.8 Å². The van der Waals surface area contributed by atoms with E-state index in [4.69, 9.17) is 0 Å². The Kier molecular flexibility index (Phi) is 4.44. The molecule has 0 bridgehead atoms. The largest absolute Gasteiger partial charge is 0.310 e. The van der Waals surface area contributed by atoms with Crippen LogP contribution in [0, 0.1) is 0 Å². The average Bonchev–Trinajstić information content (AvgIpc) is 2.74. The summed E-state index contributed by atoms with van der Waals surface area (Å²) in [5, 5.41) is 7.58. The highest BCUT2D eigenvalue weighted by Gasteiger charge is 2.00. The van der Waals surface area contributed by atoms with Crippen molar-refractivity contribution in [2.24, 2.45) is 7.05 Å². The number of rotatable bonds is 5. The number of benzene rings is 1. The number of nitrogens with zero attached hydrogens (tertiary/aromatic N) is 2. The lowest BCUT2D eigenvalue weighted by Crippen LogP contribution is -2.21. The van der Waals surface area contributed by atoms with Crippen molar-refractivity contribution < 1.29 is 0 Å². The molecule has 1 aromatic carbocycles. The lowest BCUT2D eigenvalue weighted by Gasteiger charge is -2.08. The van der Waals surface area contributed by atoms with Crippen LogP contribution in [0.4, 0.5) is 0 Å². The molecule has 0 aliphatic carbocycles. The molecule has 2 aromatic rings. The van der Waals surface area contributed by atoms with Gasteiger partial charge in [0, 0.05) is 30.7 Å². The Bertz CT molecular complexity index is 488. The van der Waals surface area contributed by atoms with Crippen LogP contribution in [0.2, 0.25) is 0 Å². The molecule has 0 fully saturated rings. The average molecular weight is 261 g/mol. The van der Waals surface area contributed by atoms with Crippen molar-refractivity contribution in [1.29, 1.82) is 0 Å². The molecule has 0 saturated carbocycles. The Balaban J connectivity index is 1.95. The van der Waals surface area contributed by atoms with E-state index in [9.17, 15) is 0 Å². The Labute approximate surface area is 113 Å². The molecule has 0 radical (unpaired) electrons. The molecular formula is C14H19N3S. The van der Waals surface area contributed by atoms with Crippen molar-refractivity contribution in [2.75, 3.05) is 0 Å². The van der Waals surface area contributed by atoms with Gasteiger partial charge in [-0.1, -0.05) is 37.7 Å². The molecule has 3 nitrogen and oxygen atoms in total. The molecule has 2 rings (SSSR count). The molecule has 0 aliphatic heterocycles. The molecule has 1 N–H and O–H groups in total. The first kappa shape index (κ1) is 13.2. The maximum absolute atomic E-state index is 4.17. The smallest absolute Gasteiger partial charge is 0.0629 e. The highest BCUT2D eigenvalue weighted by Crippen LogP contribution is 2.26. The van der Waals surface area contributed by atoms with Crippen molar-refractivity contribution in [1.82, 2.24) is 15.1 Å². The molecule has 18 heavy (non-hydrogen) atoms. The van der Waals surface area contributed by atoms with Gasteiger partial charge in [0.15, 0.2) is 0 Å². The molecular weight excluding hydrogens is 242 g/mol. The minimum Gasteiger partial charge on any atom is -0.310 e. The predicted molar refractivity (Wildman–Crippen MR) is 75.7 cm³/mol. The van der Waals surface area contributed by atoms with E-state index < -0.39 is 0 Å². The molecule has 4 heteroatoms. The van der Waals surface area contributed by atoms with Gasteiger partial charge in [0.05, 0.1) is 11.1 Å². The van der Waals surface area contributed by atoms with Crippen molar-refractivity contribution in [3.8, 4) is 0 Å². The maximum Gasteiger partial charge on any atom is 0.0629 e. The van der Waals surface area contributed by atoms with Gasteiger partial charge < -0.3 is 5.32 Å². The topological polar surface area (TPSA) is 29.9 Å². The molecule has 0 spiro atoms. The summed E-state index contributed by atoms with van der Waals surface area (Å²) in [6.45, 7) is 5.24. The lowest BCUT2D eigenvalue weighted by molar-refractivity contribution is 0.588. The Morgan fingerprint density at radius 1 is 1.22 bits per heavy atom. The molecule has 1 heterocycles. The summed E-state index contributed by atoms with van der Waals surface area (Å²) >= 11 is 1.74. The number of aryl methyl sites for hydroxylation is 1. The Morgan fingerprint density at radius 3 is 2.50 bits per heavy atom. The van der Waals surface area contributed by atoms with Crippen molar-refractivity contribution in [2.45, 2.75) is 36.2 Å². The van der Waals surface area contributed by atoms with Crippen molar-refractivity contribution in [3.05, 3.63) is 42.2 Å². The zero-order valence-electron chi connectivity index (χ0n) is 11.1. The van der Waals surface area contributed by atoms with E-state index in [1.165, 1.54) is 15.4 Å². The van der Waals surface area contributed by atoms with Crippen molar-refractivity contribution in [3.63, 3.8) is 0 Å². The fraction of sp³-hybridized carbons (Fsp3) is 0.357. The van der Waals surface area contributed by atoms with E-state index in [2.05, 4.69) is 48.5 Å². The van der Waals surface area contributed by atoms with Crippen LogP contribution in [-0.4, -0.2) is 15.8 Å². The number of aromatic nitrogens is 2. The third kappa shape index (κ3) is 3.89. The molecule has 0 saturated heterocycles. The summed E-state index contributed by atoms with van der Waals surface area (Å²) in [5.74, 6) is 0. The second-order valence-corrected chi connectivity index (χ2v) is 5.78. The SMILES string of the molecule is CC(C)NCc1ccc(Sc2cnn(C)c2)cc1. The van der Waals surface area contributed by atoms with Gasteiger partial charge in [-0.05, 0) is 17.7 Å². The Hall–Kier alpha value is -1.26. The minimum atomic E-state index is 0.523. The monoisotopic (exact) mass is 261 g/mol. The van der Waals surface area contributed by atoms with E-state index in [0.717, 1.165) is 6.54 Å². The minimum absolute atomic E-state index is 0.523. The number of nitrogens with one attached hydrogen (secondary N) is 1. The maximum atomic E-state index is 4.17. The van der Waals surface area contributed by atoms with Crippen LogP contribution in [0.1, 0.15) is 19.4 Å². The van der Waals surface area contributed by atoms with Gasteiger partial charge in [-0.25, -0.2) is 0 Å². The molecule has 1 aromatic heterocycles. The van der Waals surface area contributed by atoms with E-state index in [1.807, 2.05) is 24.1 Å². The summed E-state index contributed by atoms with van der Waals surface area (Å²) in [5.41, 5.74) is 1.32. The quantitative estimate of drug-likeness (QED) is 0.897. The van der Waals surface area contributed by atoms with Crippen LogP contribution in [0.15, 0.2) is 46.5 Å². The normalized spacial score (nSPS) is 11.1. The van der Waals surface area contributed by atoms with Crippen LogP contribution in [-0.2, 0) is 13.6 Å². The van der Waals surface area contributed by atoms with Gasteiger partial charge in [0.1, 0.15) is 0 Å². The molecule has 0 unspecified atom stereocenters. The highest BCUT2D eigenvalue weighted by atomic mass is 32.2. The highest BCUT2D eigenvalue weighted by molar-refractivity contribution is 7.99. The van der Waals surface area contributed by atoms with Gasteiger partial charge in [-0.2, -0.15) is 5.10 Å². The zero-order chi connectivity index (χ0) is 13.0. The van der Waals surface area contributed by atoms with Crippen LogP contribution < -0.4 is 5.32 Å². The third-order valence-electron chi connectivity index (χ3n) is 2.55. The second kappa shape index (κ2) is 6.07. The summed E-state index contributed by atoms with van der Waals surface area (Å²) in [6.07, 6.45) is 3.91. The number of hydrogen-bond acceptors (Lipinski definition) is 3. The van der Waals surface area contributed by atoms with E-state index >= 15 is 0 Å². The van der Waals surface area contributed by atoms with Gasteiger partial charge in [-0.3, -0.25) is 4.68 Å². The summed E-state index contributed by atoms with van der Waals surface area (Å²) in [4.78, 5) is 2.42.